The standard InChI is InChI=1S/C9H11O.Y/c1-6-4-7(2)9(10)8(3)5-6;/h4-5,10H,1H2,2-3H3;/q-1;+3. The predicted molar refractivity (Wildman–Crippen MR) is 42.0 cm³/mol. The quantitative estimate of drug-likeness (QED) is 0.669. The Bertz CT molecular complexity index is 233. The molecular weight excluding hydrogens is 213 g/mol. The Morgan fingerprint density at radius 3 is 1.91 bits per heavy atom. The molecule has 0 fully saturated rings. The van der Waals surface area contributed by atoms with E-state index in [-0.39, 0.29) is 32.7 Å². The maximum Gasteiger partial charge on any atom is 3.00 e. The molecule has 1 aromatic rings. The second kappa shape index (κ2) is 4.13. The number of aryl methyl sites for hydroxylation is 2. The van der Waals surface area contributed by atoms with Gasteiger partial charge in [-0.05, 0) is 13.8 Å². The molecule has 11 heavy (non-hydrogen) atoms. The van der Waals surface area contributed by atoms with Gasteiger partial charge >= 0.3 is 32.7 Å². The van der Waals surface area contributed by atoms with E-state index in [4.69, 9.17) is 0 Å². The van der Waals surface area contributed by atoms with E-state index in [1.54, 1.807) is 0 Å². The Kier molecular flexibility index (Phi) is 4.13. The van der Waals surface area contributed by atoms with Crippen molar-refractivity contribution in [3.8, 4) is 5.75 Å². The Balaban J connectivity index is 0.000001000. The number of rotatable bonds is 0. The van der Waals surface area contributed by atoms with Crippen molar-refractivity contribution in [3.05, 3.63) is 35.7 Å². The largest absolute Gasteiger partial charge is 3.00 e. The molecule has 0 aromatic heterocycles. The Morgan fingerprint density at radius 2 is 1.55 bits per heavy atom. The van der Waals surface area contributed by atoms with Gasteiger partial charge in [0.15, 0.2) is 0 Å². The minimum absolute atomic E-state index is 0. The molecule has 0 aliphatic carbocycles. The van der Waals surface area contributed by atoms with Crippen LogP contribution in [0.2, 0.25) is 0 Å². The maximum absolute atomic E-state index is 9.30. The van der Waals surface area contributed by atoms with Gasteiger partial charge in [-0.25, -0.2) is 0 Å². The molecule has 2 heteroatoms. The molecule has 0 saturated heterocycles. The van der Waals surface area contributed by atoms with Crippen molar-refractivity contribution < 1.29 is 37.8 Å². The first kappa shape index (κ1) is 11.0. The van der Waals surface area contributed by atoms with Crippen LogP contribution in [-0.2, 0) is 32.7 Å². The fourth-order valence-corrected chi connectivity index (χ4v) is 1.05. The van der Waals surface area contributed by atoms with Crippen LogP contribution in [-0.4, -0.2) is 5.11 Å². The van der Waals surface area contributed by atoms with Crippen LogP contribution in [0.5, 0.6) is 5.75 Å². The van der Waals surface area contributed by atoms with Crippen molar-refractivity contribution in [3.63, 3.8) is 0 Å². The van der Waals surface area contributed by atoms with Crippen LogP contribution >= 0.6 is 0 Å². The van der Waals surface area contributed by atoms with Crippen LogP contribution in [0.4, 0.5) is 0 Å². The summed E-state index contributed by atoms with van der Waals surface area (Å²) in [5.74, 6) is 0.382. The summed E-state index contributed by atoms with van der Waals surface area (Å²) >= 11 is 0. The molecule has 54 valence electrons. The molecule has 0 aliphatic heterocycles. The molecule has 1 nitrogen and oxygen atoms in total. The van der Waals surface area contributed by atoms with Crippen LogP contribution < -0.4 is 0 Å². The second-order valence-electron chi connectivity index (χ2n) is 2.58. The van der Waals surface area contributed by atoms with Gasteiger partial charge in [-0.3, -0.25) is 0 Å². The summed E-state index contributed by atoms with van der Waals surface area (Å²) in [6.45, 7) is 7.52. The topological polar surface area (TPSA) is 20.2 Å². The summed E-state index contributed by atoms with van der Waals surface area (Å²) in [5.41, 5.74) is 2.74. The summed E-state index contributed by atoms with van der Waals surface area (Å²) in [7, 11) is 0. The molecule has 0 aliphatic rings. The van der Waals surface area contributed by atoms with E-state index in [2.05, 4.69) is 6.92 Å². The first-order valence-electron chi connectivity index (χ1n) is 3.23. The molecule has 1 N–H and O–H groups in total. The van der Waals surface area contributed by atoms with Gasteiger partial charge in [0.1, 0.15) is 0 Å². The third-order valence-electron chi connectivity index (χ3n) is 1.55. The van der Waals surface area contributed by atoms with Gasteiger partial charge in [0.25, 0.3) is 0 Å². The van der Waals surface area contributed by atoms with Crippen molar-refractivity contribution in [2.45, 2.75) is 13.8 Å². The number of phenolic OH excluding ortho intramolecular Hbond substituents is 1. The summed E-state index contributed by atoms with van der Waals surface area (Å²) in [5, 5.41) is 9.30. The number of hydrogen-bond acceptors (Lipinski definition) is 1. The van der Waals surface area contributed by atoms with E-state index in [0.29, 0.717) is 5.75 Å². The zero-order chi connectivity index (χ0) is 7.72. The van der Waals surface area contributed by atoms with Crippen LogP contribution in [0.3, 0.4) is 0 Å². The minimum Gasteiger partial charge on any atom is -0.510 e. The van der Waals surface area contributed by atoms with E-state index < -0.39 is 0 Å². The molecule has 1 rings (SSSR count). The smallest absolute Gasteiger partial charge is 0.510 e. The first-order chi connectivity index (χ1) is 4.61. The van der Waals surface area contributed by atoms with Crippen LogP contribution in [0.25, 0.3) is 0 Å². The van der Waals surface area contributed by atoms with Crippen LogP contribution in [0.15, 0.2) is 12.1 Å². The maximum atomic E-state index is 9.30. The third kappa shape index (κ3) is 2.50. The van der Waals surface area contributed by atoms with Crippen molar-refractivity contribution in [2.75, 3.05) is 0 Å². The average molecular weight is 224 g/mol. The summed E-state index contributed by atoms with van der Waals surface area (Å²) in [6.07, 6.45) is 0. The average Bonchev–Trinajstić information content (AvgIpc) is 1.82. The van der Waals surface area contributed by atoms with Gasteiger partial charge < -0.3 is 5.11 Å². The summed E-state index contributed by atoms with van der Waals surface area (Å²) < 4.78 is 0. The zero-order valence-electron chi connectivity index (χ0n) is 6.89. The summed E-state index contributed by atoms with van der Waals surface area (Å²) in [4.78, 5) is 0. The van der Waals surface area contributed by atoms with Gasteiger partial charge in [-0.1, -0.05) is 11.1 Å². The molecule has 0 atom stereocenters. The van der Waals surface area contributed by atoms with Crippen LogP contribution in [0.1, 0.15) is 16.7 Å². The van der Waals surface area contributed by atoms with Gasteiger partial charge in [0.2, 0.25) is 0 Å². The molecule has 1 aromatic carbocycles. The Labute approximate surface area is 92.7 Å². The van der Waals surface area contributed by atoms with Gasteiger partial charge in [0, 0.05) is 0 Å². The van der Waals surface area contributed by atoms with Gasteiger partial charge in [0.05, 0.1) is 5.75 Å². The monoisotopic (exact) mass is 224 g/mol. The zero-order valence-corrected chi connectivity index (χ0v) is 9.72. The molecule has 0 radical (unpaired) electrons. The van der Waals surface area contributed by atoms with Crippen molar-refractivity contribution in [1.82, 2.24) is 0 Å². The number of aromatic hydroxyl groups is 1. The van der Waals surface area contributed by atoms with Crippen molar-refractivity contribution >= 4 is 0 Å². The minimum atomic E-state index is 0. The molecular formula is C9H11OY+2. The fourth-order valence-electron chi connectivity index (χ4n) is 1.05. The molecule has 0 bridgehead atoms. The van der Waals surface area contributed by atoms with Crippen LogP contribution in [0, 0.1) is 20.8 Å². The molecule has 0 unspecified atom stereocenters. The predicted octanol–water partition coefficient (Wildman–Crippen LogP) is 2.19. The van der Waals surface area contributed by atoms with E-state index in [9.17, 15) is 5.11 Å². The van der Waals surface area contributed by atoms with E-state index in [1.807, 2.05) is 26.0 Å². The van der Waals surface area contributed by atoms with E-state index >= 15 is 0 Å². The molecule has 0 heterocycles. The van der Waals surface area contributed by atoms with Gasteiger partial charge in [-0.15, -0.1) is 0 Å². The van der Waals surface area contributed by atoms with E-state index in [1.165, 1.54) is 0 Å². The Morgan fingerprint density at radius 1 is 1.18 bits per heavy atom. The van der Waals surface area contributed by atoms with Gasteiger partial charge in [-0.2, -0.15) is 24.6 Å². The van der Waals surface area contributed by atoms with E-state index in [0.717, 1.165) is 16.7 Å². The molecule has 0 saturated carbocycles. The number of benzene rings is 1. The van der Waals surface area contributed by atoms with Crippen molar-refractivity contribution in [1.29, 1.82) is 0 Å². The normalized spacial score (nSPS) is 8.91. The number of phenols is 1. The number of hydrogen-bond donors (Lipinski definition) is 1. The Hall–Kier alpha value is -0.00610. The second-order valence-corrected chi connectivity index (χ2v) is 2.58. The summed E-state index contributed by atoms with van der Waals surface area (Å²) in [6, 6.07) is 3.73. The fraction of sp³-hybridized carbons (Fsp3) is 0.222. The third-order valence-corrected chi connectivity index (χ3v) is 1.55. The molecule has 0 spiro atoms. The SMILES string of the molecule is [CH2-]c1cc(C)c(O)c(C)c1.[Y+3]. The first-order valence-corrected chi connectivity index (χ1v) is 3.23. The van der Waals surface area contributed by atoms with Crippen molar-refractivity contribution in [2.24, 2.45) is 0 Å². The molecule has 0 amide bonds.